The zero-order valence-corrected chi connectivity index (χ0v) is 13.1. The van der Waals surface area contributed by atoms with Gasteiger partial charge >= 0.3 is 0 Å². The van der Waals surface area contributed by atoms with Crippen LogP contribution in [0.4, 0.5) is 5.69 Å². The summed E-state index contributed by atoms with van der Waals surface area (Å²) in [5.41, 5.74) is 7.49. The van der Waals surface area contributed by atoms with Crippen molar-refractivity contribution in [3.8, 4) is 0 Å². The second-order valence-corrected chi connectivity index (χ2v) is 5.00. The number of likely N-dealkylation sites (N-methyl/N-ethyl adjacent to an activating group) is 1. The van der Waals surface area contributed by atoms with Crippen LogP contribution in [-0.2, 0) is 16.0 Å². The number of anilines is 1. The Kier molecular flexibility index (Phi) is 6.72. The van der Waals surface area contributed by atoms with Crippen LogP contribution in [0.3, 0.4) is 0 Å². The first kappa shape index (κ1) is 17.0. The van der Waals surface area contributed by atoms with Crippen LogP contribution in [0.15, 0.2) is 24.3 Å². The molecule has 1 aromatic carbocycles. The zero-order chi connectivity index (χ0) is 15.8. The minimum atomic E-state index is -0.495. The number of para-hydroxylation sites is 1. The van der Waals surface area contributed by atoms with E-state index in [0.29, 0.717) is 31.6 Å². The number of aryl methyl sites for hydroxylation is 1. The monoisotopic (exact) mass is 291 g/mol. The van der Waals surface area contributed by atoms with Gasteiger partial charge in [0, 0.05) is 25.2 Å². The molecule has 0 spiro atoms. The number of carbonyl (C=O) groups is 2. The van der Waals surface area contributed by atoms with Crippen LogP contribution in [0.1, 0.15) is 32.8 Å². The summed E-state index contributed by atoms with van der Waals surface area (Å²) in [5, 5.41) is 2.75. The summed E-state index contributed by atoms with van der Waals surface area (Å²) in [5.74, 6) is -0.182. The lowest BCUT2D eigenvalue weighted by Gasteiger charge is -2.23. The first-order valence-corrected chi connectivity index (χ1v) is 7.41. The number of benzene rings is 1. The average Bonchev–Trinajstić information content (AvgIpc) is 2.47. The Labute approximate surface area is 126 Å². The fraction of sp³-hybridized carbons (Fsp3) is 0.500. The molecule has 0 radical (unpaired) electrons. The fourth-order valence-electron chi connectivity index (χ4n) is 2.19. The molecule has 21 heavy (non-hydrogen) atoms. The molecule has 0 aliphatic rings. The van der Waals surface area contributed by atoms with Crippen LogP contribution in [0, 0.1) is 0 Å². The maximum atomic E-state index is 12.1. The van der Waals surface area contributed by atoms with Gasteiger partial charge in [0.05, 0.1) is 0 Å². The van der Waals surface area contributed by atoms with E-state index in [1.165, 1.54) is 0 Å². The van der Waals surface area contributed by atoms with Crippen molar-refractivity contribution in [2.24, 2.45) is 0 Å². The van der Waals surface area contributed by atoms with Gasteiger partial charge < -0.3 is 16.0 Å². The van der Waals surface area contributed by atoms with Gasteiger partial charge in [0.25, 0.3) is 0 Å². The Morgan fingerprint density at radius 1 is 1.24 bits per heavy atom. The molecule has 1 aromatic rings. The predicted molar refractivity (Wildman–Crippen MR) is 84.7 cm³/mol. The molecule has 1 atom stereocenters. The SMILES string of the molecule is CCN(CC)C(=O)C(C)NC(=O)CCc1ccccc1N. The van der Waals surface area contributed by atoms with Gasteiger partial charge in [-0.1, -0.05) is 18.2 Å². The quantitative estimate of drug-likeness (QED) is 0.749. The standard InChI is InChI=1S/C16H25N3O2/c1-4-19(5-2)16(21)12(3)18-15(20)11-10-13-8-6-7-9-14(13)17/h6-9,12H,4-5,10-11,17H2,1-3H3,(H,18,20). The number of carbonyl (C=O) groups excluding carboxylic acids is 2. The van der Waals surface area contributed by atoms with Crippen molar-refractivity contribution in [3.63, 3.8) is 0 Å². The Hall–Kier alpha value is -2.04. The lowest BCUT2D eigenvalue weighted by Crippen LogP contribution is -2.46. The summed E-state index contributed by atoms with van der Waals surface area (Å²) in [4.78, 5) is 25.7. The molecule has 5 heteroatoms. The van der Waals surface area contributed by atoms with E-state index in [9.17, 15) is 9.59 Å². The summed E-state index contributed by atoms with van der Waals surface area (Å²) in [6.45, 7) is 6.86. The third-order valence-corrected chi connectivity index (χ3v) is 3.50. The van der Waals surface area contributed by atoms with Gasteiger partial charge in [-0.15, -0.1) is 0 Å². The summed E-state index contributed by atoms with van der Waals surface area (Å²) in [6, 6.07) is 7.00. The highest BCUT2D eigenvalue weighted by atomic mass is 16.2. The Morgan fingerprint density at radius 3 is 2.43 bits per heavy atom. The Morgan fingerprint density at radius 2 is 1.86 bits per heavy atom. The van der Waals surface area contributed by atoms with Gasteiger partial charge in [-0.3, -0.25) is 9.59 Å². The van der Waals surface area contributed by atoms with Crippen LogP contribution >= 0.6 is 0 Å². The number of nitrogen functional groups attached to an aromatic ring is 1. The third kappa shape index (κ3) is 5.10. The predicted octanol–water partition coefficient (Wildman–Crippen LogP) is 1.57. The number of rotatable bonds is 7. The van der Waals surface area contributed by atoms with E-state index in [0.717, 1.165) is 5.56 Å². The van der Waals surface area contributed by atoms with E-state index in [1.54, 1.807) is 11.8 Å². The number of nitrogens with two attached hydrogens (primary N) is 1. The molecule has 0 fully saturated rings. The number of hydrogen-bond donors (Lipinski definition) is 2. The van der Waals surface area contributed by atoms with Crippen molar-refractivity contribution in [3.05, 3.63) is 29.8 Å². The van der Waals surface area contributed by atoms with Crippen LogP contribution in [-0.4, -0.2) is 35.8 Å². The minimum Gasteiger partial charge on any atom is -0.399 e. The van der Waals surface area contributed by atoms with Gasteiger partial charge in [-0.2, -0.15) is 0 Å². The number of nitrogens with one attached hydrogen (secondary N) is 1. The molecule has 116 valence electrons. The van der Waals surface area contributed by atoms with Crippen molar-refractivity contribution in [1.29, 1.82) is 0 Å². The summed E-state index contributed by atoms with van der Waals surface area (Å²) in [6.07, 6.45) is 0.898. The molecule has 1 rings (SSSR count). The molecule has 0 bridgehead atoms. The zero-order valence-electron chi connectivity index (χ0n) is 13.1. The number of nitrogens with zero attached hydrogens (tertiary/aromatic N) is 1. The highest BCUT2D eigenvalue weighted by Gasteiger charge is 2.19. The van der Waals surface area contributed by atoms with Gasteiger partial charge in [-0.05, 0) is 38.8 Å². The van der Waals surface area contributed by atoms with Crippen LogP contribution in [0.25, 0.3) is 0 Å². The second-order valence-electron chi connectivity index (χ2n) is 5.00. The molecule has 0 heterocycles. The molecule has 1 unspecified atom stereocenters. The molecule has 2 amide bonds. The maximum absolute atomic E-state index is 12.1. The molecule has 0 aliphatic heterocycles. The van der Waals surface area contributed by atoms with Crippen molar-refractivity contribution in [1.82, 2.24) is 10.2 Å². The van der Waals surface area contributed by atoms with Crippen molar-refractivity contribution in [2.75, 3.05) is 18.8 Å². The molecule has 0 aromatic heterocycles. The van der Waals surface area contributed by atoms with Gasteiger partial charge in [0.2, 0.25) is 11.8 Å². The number of hydrogen-bond acceptors (Lipinski definition) is 3. The summed E-state index contributed by atoms with van der Waals surface area (Å²) in [7, 11) is 0. The van der Waals surface area contributed by atoms with Crippen LogP contribution < -0.4 is 11.1 Å². The Balaban J connectivity index is 2.47. The van der Waals surface area contributed by atoms with Gasteiger partial charge in [0.15, 0.2) is 0 Å². The lowest BCUT2D eigenvalue weighted by atomic mass is 10.1. The first-order valence-electron chi connectivity index (χ1n) is 7.41. The van der Waals surface area contributed by atoms with Crippen LogP contribution in [0.5, 0.6) is 0 Å². The molecule has 0 saturated carbocycles. The maximum Gasteiger partial charge on any atom is 0.244 e. The third-order valence-electron chi connectivity index (χ3n) is 3.50. The molecule has 0 aliphatic carbocycles. The number of amides is 2. The molecular weight excluding hydrogens is 266 g/mol. The summed E-state index contributed by atoms with van der Waals surface area (Å²) < 4.78 is 0. The van der Waals surface area contributed by atoms with Gasteiger partial charge in [0.1, 0.15) is 6.04 Å². The largest absolute Gasteiger partial charge is 0.399 e. The van der Waals surface area contributed by atoms with E-state index >= 15 is 0 Å². The molecule has 0 saturated heterocycles. The molecule has 3 N–H and O–H groups in total. The van der Waals surface area contributed by atoms with E-state index in [1.807, 2.05) is 38.1 Å². The normalized spacial score (nSPS) is 11.8. The van der Waals surface area contributed by atoms with E-state index in [4.69, 9.17) is 5.73 Å². The van der Waals surface area contributed by atoms with E-state index < -0.39 is 6.04 Å². The van der Waals surface area contributed by atoms with E-state index in [-0.39, 0.29) is 11.8 Å². The molecule has 5 nitrogen and oxygen atoms in total. The van der Waals surface area contributed by atoms with Crippen molar-refractivity contribution < 1.29 is 9.59 Å². The first-order chi connectivity index (χ1) is 9.99. The topological polar surface area (TPSA) is 75.4 Å². The van der Waals surface area contributed by atoms with Crippen LogP contribution in [0.2, 0.25) is 0 Å². The molecular formula is C16H25N3O2. The van der Waals surface area contributed by atoms with Crippen molar-refractivity contribution >= 4 is 17.5 Å². The highest BCUT2D eigenvalue weighted by Crippen LogP contribution is 2.12. The van der Waals surface area contributed by atoms with Gasteiger partial charge in [-0.25, -0.2) is 0 Å². The average molecular weight is 291 g/mol. The van der Waals surface area contributed by atoms with Crippen molar-refractivity contribution in [2.45, 2.75) is 39.7 Å². The Bertz CT molecular complexity index is 484. The summed E-state index contributed by atoms with van der Waals surface area (Å²) >= 11 is 0. The highest BCUT2D eigenvalue weighted by molar-refractivity contribution is 5.87. The smallest absolute Gasteiger partial charge is 0.244 e. The lowest BCUT2D eigenvalue weighted by molar-refractivity contribution is -0.135. The van der Waals surface area contributed by atoms with E-state index in [2.05, 4.69) is 5.32 Å². The fourth-order valence-corrected chi connectivity index (χ4v) is 2.19. The minimum absolute atomic E-state index is 0.0485. The second kappa shape index (κ2) is 8.29.